The molecular weight excluding hydrogens is 344 g/mol. The van der Waals surface area contributed by atoms with Gasteiger partial charge in [0, 0.05) is 25.8 Å². The Labute approximate surface area is 157 Å². The third kappa shape index (κ3) is 3.47. The lowest BCUT2D eigenvalue weighted by atomic mass is 10.0. The number of unbranched alkanes of at least 4 members (excludes halogenated alkanes) is 1. The molecule has 0 saturated heterocycles. The molecule has 3 aromatic rings. The van der Waals surface area contributed by atoms with Gasteiger partial charge in [0.15, 0.2) is 11.2 Å². The Kier molecular flexibility index (Phi) is 5.60. The number of aromatic nitrogens is 4. The fourth-order valence-electron chi connectivity index (χ4n) is 3.30. The van der Waals surface area contributed by atoms with Crippen LogP contribution in [0.1, 0.15) is 30.9 Å². The lowest BCUT2D eigenvalue weighted by Gasteiger charge is -2.11. The van der Waals surface area contributed by atoms with Crippen LogP contribution >= 0.6 is 0 Å². The molecule has 0 fully saturated rings. The van der Waals surface area contributed by atoms with E-state index in [2.05, 4.69) is 11.9 Å². The minimum Gasteiger partial charge on any atom is -0.383 e. The fourth-order valence-corrected chi connectivity index (χ4v) is 3.30. The van der Waals surface area contributed by atoms with E-state index in [1.54, 1.807) is 11.7 Å². The van der Waals surface area contributed by atoms with Gasteiger partial charge < -0.3 is 9.30 Å². The first-order valence-corrected chi connectivity index (χ1v) is 9.28. The summed E-state index contributed by atoms with van der Waals surface area (Å²) in [5, 5.41) is 0. The summed E-state index contributed by atoms with van der Waals surface area (Å²) >= 11 is 0. The zero-order valence-corrected chi connectivity index (χ0v) is 16.3. The van der Waals surface area contributed by atoms with Gasteiger partial charge in [-0.05, 0) is 31.4 Å². The van der Waals surface area contributed by atoms with E-state index >= 15 is 0 Å². The molecule has 0 unspecified atom stereocenters. The van der Waals surface area contributed by atoms with E-state index in [4.69, 9.17) is 9.72 Å². The van der Waals surface area contributed by atoms with Crippen LogP contribution in [-0.2, 0) is 17.8 Å². The van der Waals surface area contributed by atoms with Crippen LogP contribution in [0.2, 0.25) is 0 Å². The van der Waals surface area contributed by atoms with Crippen molar-refractivity contribution in [3.8, 4) is 11.4 Å². The molecule has 0 aliphatic heterocycles. The molecule has 1 aromatic carbocycles. The normalized spacial score (nSPS) is 11.4. The lowest BCUT2D eigenvalue weighted by molar-refractivity contribution is 0.188. The zero-order chi connectivity index (χ0) is 19.6. The Bertz CT molecular complexity index is 1080. The molecule has 0 aliphatic rings. The first kappa shape index (κ1) is 19.1. The summed E-state index contributed by atoms with van der Waals surface area (Å²) in [6.07, 6.45) is 1.78. The smallest absolute Gasteiger partial charge is 0.330 e. The van der Waals surface area contributed by atoms with E-state index in [1.807, 2.05) is 36.6 Å². The van der Waals surface area contributed by atoms with Crippen molar-refractivity contribution in [2.75, 3.05) is 13.7 Å². The Balaban J connectivity index is 2.36. The van der Waals surface area contributed by atoms with Crippen LogP contribution in [0.3, 0.4) is 0 Å². The van der Waals surface area contributed by atoms with Crippen LogP contribution in [-0.4, -0.2) is 32.8 Å². The van der Waals surface area contributed by atoms with E-state index in [9.17, 15) is 9.59 Å². The minimum atomic E-state index is -0.414. The number of ether oxygens (including phenoxy) is 1. The van der Waals surface area contributed by atoms with Gasteiger partial charge in [0.25, 0.3) is 5.56 Å². The molecule has 27 heavy (non-hydrogen) atoms. The number of hydrogen-bond donors (Lipinski definition) is 1. The van der Waals surface area contributed by atoms with Crippen molar-refractivity contribution < 1.29 is 4.74 Å². The molecule has 7 heteroatoms. The predicted octanol–water partition coefficient (Wildman–Crippen LogP) is 2.62. The molecule has 0 radical (unpaired) electrons. The van der Waals surface area contributed by atoms with Gasteiger partial charge in [-0.15, -0.1) is 0 Å². The number of H-pyrrole nitrogens is 1. The number of hydrogen-bond acceptors (Lipinski definition) is 4. The van der Waals surface area contributed by atoms with Gasteiger partial charge in [-0.3, -0.25) is 14.3 Å². The Morgan fingerprint density at radius 1 is 1.15 bits per heavy atom. The molecule has 0 atom stereocenters. The van der Waals surface area contributed by atoms with Crippen LogP contribution in [0.25, 0.3) is 22.6 Å². The monoisotopic (exact) mass is 370 g/mol. The number of benzene rings is 1. The maximum absolute atomic E-state index is 12.6. The summed E-state index contributed by atoms with van der Waals surface area (Å²) in [6, 6.07) is 6.02. The van der Waals surface area contributed by atoms with E-state index in [1.165, 1.54) is 0 Å². The Morgan fingerprint density at radius 3 is 2.63 bits per heavy atom. The van der Waals surface area contributed by atoms with Crippen molar-refractivity contribution >= 4 is 11.2 Å². The van der Waals surface area contributed by atoms with Crippen molar-refractivity contribution in [3.05, 3.63) is 50.2 Å². The standard InChI is InChI=1S/C20H26N4O3/c1-5-6-10-24-18-16(19(25)22-20(24)26)23(11-12-27-4)17(21-18)15-9-7-8-13(2)14(15)3/h7-9H,5-6,10-12H2,1-4H3,(H,22,25,26). The van der Waals surface area contributed by atoms with E-state index in [0.29, 0.717) is 36.7 Å². The molecule has 2 aromatic heterocycles. The molecule has 3 rings (SSSR count). The number of imidazole rings is 1. The maximum atomic E-state index is 12.6. The largest absolute Gasteiger partial charge is 0.383 e. The van der Waals surface area contributed by atoms with Crippen molar-refractivity contribution in [2.24, 2.45) is 0 Å². The van der Waals surface area contributed by atoms with Gasteiger partial charge in [0.1, 0.15) is 5.82 Å². The van der Waals surface area contributed by atoms with Gasteiger partial charge >= 0.3 is 5.69 Å². The van der Waals surface area contributed by atoms with E-state index in [0.717, 1.165) is 29.5 Å². The second-order valence-electron chi connectivity index (χ2n) is 6.76. The second kappa shape index (κ2) is 7.92. The SMILES string of the molecule is CCCCn1c(=O)[nH]c(=O)c2c1nc(-c1cccc(C)c1C)n2CCOC. The van der Waals surface area contributed by atoms with Gasteiger partial charge in [0.2, 0.25) is 0 Å². The predicted molar refractivity (Wildman–Crippen MR) is 106 cm³/mol. The summed E-state index contributed by atoms with van der Waals surface area (Å²) in [4.78, 5) is 32.2. The molecule has 0 bridgehead atoms. The topological polar surface area (TPSA) is 81.9 Å². The van der Waals surface area contributed by atoms with Crippen LogP contribution in [0.5, 0.6) is 0 Å². The first-order valence-electron chi connectivity index (χ1n) is 9.28. The van der Waals surface area contributed by atoms with Gasteiger partial charge in [0.05, 0.1) is 6.61 Å². The Hall–Kier alpha value is -2.67. The van der Waals surface area contributed by atoms with Gasteiger partial charge in [-0.1, -0.05) is 31.5 Å². The average Bonchev–Trinajstić information content (AvgIpc) is 3.01. The van der Waals surface area contributed by atoms with Gasteiger partial charge in [-0.2, -0.15) is 0 Å². The van der Waals surface area contributed by atoms with Crippen molar-refractivity contribution in [1.82, 2.24) is 19.1 Å². The maximum Gasteiger partial charge on any atom is 0.330 e. The van der Waals surface area contributed by atoms with Crippen LogP contribution in [0, 0.1) is 13.8 Å². The summed E-state index contributed by atoms with van der Waals surface area (Å²) in [5.41, 5.74) is 3.23. The van der Waals surface area contributed by atoms with Crippen molar-refractivity contribution in [3.63, 3.8) is 0 Å². The van der Waals surface area contributed by atoms with Gasteiger partial charge in [-0.25, -0.2) is 9.78 Å². The molecule has 1 N–H and O–H groups in total. The van der Waals surface area contributed by atoms with Crippen molar-refractivity contribution in [1.29, 1.82) is 0 Å². The highest BCUT2D eigenvalue weighted by Crippen LogP contribution is 2.27. The molecule has 0 saturated carbocycles. The summed E-state index contributed by atoms with van der Waals surface area (Å²) < 4.78 is 8.67. The molecule has 0 aliphatic carbocycles. The number of nitrogens with one attached hydrogen (secondary N) is 1. The molecular formula is C20H26N4O3. The van der Waals surface area contributed by atoms with Crippen LogP contribution in [0.15, 0.2) is 27.8 Å². The summed E-state index contributed by atoms with van der Waals surface area (Å²) in [7, 11) is 1.62. The highest BCUT2D eigenvalue weighted by molar-refractivity contribution is 5.78. The highest BCUT2D eigenvalue weighted by atomic mass is 16.5. The molecule has 2 heterocycles. The third-order valence-corrected chi connectivity index (χ3v) is 4.99. The van der Waals surface area contributed by atoms with Crippen molar-refractivity contribution in [2.45, 2.75) is 46.7 Å². The molecule has 144 valence electrons. The molecule has 0 amide bonds. The van der Waals surface area contributed by atoms with Crippen LogP contribution in [0.4, 0.5) is 0 Å². The average molecular weight is 370 g/mol. The van der Waals surface area contributed by atoms with Crippen LogP contribution < -0.4 is 11.2 Å². The Morgan fingerprint density at radius 2 is 1.93 bits per heavy atom. The number of aromatic amines is 1. The molecule has 7 nitrogen and oxygen atoms in total. The lowest BCUT2D eigenvalue weighted by Crippen LogP contribution is -2.31. The zero-order valence-electron chi connectivity index (χ0n) is 16.3. The fraction of sp³-hybridized carbons (Fsp3) is 0.450. The highest BCUT2D eigenvalue weighted by Gasteiger charge is 2.20. The summed E-state index contributed by atoms with van der Waals surface area (Å²) in [5.74, 6) is 0.685. The number of aryl methyl sites for hydroxylation is 2. The first-order chi connectivity index (χ1) is 13.0. The van der Waals surface area contributed by atoms with E-state index in [-0.39, 0.29) is 0 Å². The number of rotatable bonds is 7. The minimum absolute atomic E-state index is 0.412. The molecule has 0 spiro atoms. The summed E-state index contributed by atoms with van der Waals surface area (Å²) in [6.45, 7) is 7.59. The third-order valence-electron chi connectivity index (χ3n) is 4.99. The quantitative estimate of drug-likeness (QED) is 0.693. The van der Waals surface area contributed by atoms with E-state index < -0.39 is 11.2 Å². The number of methoxy groups -OCH3 is 1. The second-order valence-corrected chi connectivity index (χ2v) is 6.76. The number of nitrogens with zero attached hydrogens (tertiary/aromatic N) is 3. The number of fused-ring (bicyclic) bond motifs is 1.